The van der Waals surface area contributed by atoms with Crippen molar-refractivity contribution in [1.29, 1.82) is 0 Å². The lowest BCUT2D eigenvalue weighted by Crippen LogP contribution is -2.18. The highest BCUT2D eigenvalue weighted by atomic mass is 32.1. The van der Waals surface area contributed by atoms with Gasteiger partial charge in [0.15, 0.2) is 0 Å². The van der Waals surface area contributed by atoms with Crippen molar-refractivity contribution < 1.29 is 0 Å². The third kappa shape index (κ3) is 5.66. The van der Waals surface area contributed by atoms with E-state index in [0.717, 1.165) is 24.2 Å². The first-order chi connectivity index (χ1) is 24.8. The van der Waals surface area contributed by atoms with Crippen LogP contribution in [-0.2, 0) is 0 Å². The maximum atomic E-state index is 2.45. The molecule has 0 spiro atoms. The van der Waals surface area contributed by atoms with E-state index in [9.17, 15) is 0 Å². The van der Waals surface area contributed by atoms with E-state index in [-0.39, 0.29) is 0 Å². The molecule has 3 heteroatoms. The first-order valence-electron chi connectivity index (χ1n) is 17.3. The number of allylic oxidation sites excluding steroid dienone is 7. The summed E-state index contributed by atoms with van der Waals surface area (Å²) in [5, 5.41) is 4.75. The maximum Gasteiger partial charge on any atom is 0.0547 e. The molecule has 0 radical (unpaired) electrons. The normalized spacial score (nSPS) is 14.2. The number of para-hydroxylation sites is 2. The lowest BCUT2D eigenvalue weighted by molar-refractivity contribution is 0.902. The minimum atomic E-state index is 0.968. The number of anilines is 2. The number of hydrogen-bond acceptors (Lipinski definition) is 1. The molecule has 1 aliphatic heterocycles. The number of thiol groups is 1. The number of rotatable bonds is 7. The topological polar surface area (TPSA) is 8.17 Å². The van der Waals surface area contributed by atoms with Gasteiger partial charge in [-0.15, -0.1) is 0 Å². The fourth-order valence-corrected chi connectivity index (χ4v) is 8.19. The molecule has 0 unspecified atom stereocenters. The number of benzene rings is 6. The van der Waals surface area contributed by atoms with Crippen LogP contribution in [0.1, 0.15) is 12.8 Å². The van der Waals surface area contributed by atoms with E-state index in [1.165, 1.54) is 77.2 Å². The van der Waals surface area contributed by atoms with Gasteiger partial charge < -0.3 is 9.47 Å². The predicted octanol–water partition coefficient (Wildman–Crippen LogP) is 12.6. The van der Waals surface area contributed by atoms with E-state index < -0.39 is 0 Å². The molecule has 1 aliphatic carbocycles. The smallest absolute Gasteiger partial charge is 0.0547 e. The number of aromatic nitrogens is 1. The minimum absolute atomic E-state index is 0.968. The zero-order valence-electron chi connectivity index (χ0n) is 27.7. The molecular formula is C47H36N2S. The van der Waals surface area contributed by atoms with E-state index in [1.807, 2.05) is 0 Å². The summed E-state index contributed by atoms with van der Waals surface area (Å²) in [6.07, 6.45) is 13.2. The molecule has 0 fully saturated rings. The van der Waals surface area contributed by atoms with Gasteiger partial charge in [-0.25, -0.2) is 0 Å². The van der Waals surface area contributed by atoms with Gasteiger partial charge in [-0.3, -0.25) is 0 Å². The van der Waals surface area contributed by atoms with E-state index in [2.05, 4.69) is 197 Å². The van der Waals surface area contributed by atoms with Crippen molar-refractivity contribution in [1.82, 2.24) is 4.57 Å². The molecule has 0 amide bonds. The number of fused-ring (bicyclic) bond motifs is 3. The molecule has 0 atom stereocenters. The van der Waals surface area contributed by atoms with Crippen molar-refractivity contribution in [2.75, 3.05) is 4.90 Å². The third-order valence-electron chi connectivity index (χ3n) is 9.77. The van der Waals surface area contributed by atoms with Crippen molar-refractivity contribution in [3.8, 4) is 27.9 Å². The molecule has 2 aliphatic rings. The molecule has 0 bridgehead atoms. The van der Waals surface area contributed by atoms with Gasteiger partial charge in [-0.1, -0.05) is 121 Å². The first-order valence-corrected chi connectivity index (χ1v) is 18.2. The fraction of sp³-hybridized carbons (Fsp3) is 0.0426. The Morgan fingerprint density at radius 3 is 1.98 bits per heavy atom. The van der Waals surface area contributed by atoms with E-state index in [4.69, 9.17) is 0 Å². The Morgan fingerprint density at radius 2 is 1.20 bits per heavy atom. The van der Waals surface area contributed by atoms with Gasteiger partial charge in [-0.2, -0.15) is 11.4 Å². The number of nitrogens with zero attached hydrogens (tertiary/aromatic N) is 2. The Labute approximate surface area is 297 Å². The number of hydrogen-bond donors (Lipinski definition) is 1. The van der Waals surface area contributed by atoms with Gasteiger partial charge in [0.25, 0.3) is 0 Å². The average Bonchev–Trinajstić information content (AvgIpc) is 3.53. The van der Waals surface area contributed by atoms with Gasteiger partial charge in [0.2, 0.25) is 0 Å². The standard InChI is InChI=1S/C47H36N2S/c1-3-12-34(13-4-1)35-21-26-40(27-22-35)48(41-28-23-36(24-29-41)47-20-9-10-31-50-47)42-17-11-14-37(32-42)38-25-30-44-43-18-7-8-19-45(43)49(46(44)33-38)39-15-5-2-6-16-39/h1-23,25-28,30-33,50H,24,29H2. The van der Waals surface area contributed by atoms with Gasteiger partial charge in [-0.05, 0) is 107 Å². The minimum Gasteiger partial charge on any atom is -0.314 e. The van der Waals surface area contributed by atoms with Gasteiger partial charge in [0.05, 0.1) is 11.0 Å². The van der Waals surface area contributed by atoms with Crippen LogP contribution in [0.4, 0.5) is 11.4 Å². The van der Waals surface area contributed by atoms with Crippen molar-refractivity contribution >= 4 is 49.4 Å². The quantitative estimate of drug-likeness (QED) is 0.132. The van der Waals surface area contributed by atoms with Crippen molar-refractivity contribution in [2.45, 2.75) is 12.8 Å². The van der Waals surface area contributed by atoms with Crippen molar-refractivity contribution in [3.63, 3.8) is 0 Å². The molecule has 240 valence electrons. The Morgan fingerprint density at radius 1 is 0.500 bits per heavy atom. The van der Waals surface area contributed by atoms with Crippen LogP contribution in [0, 0.1) is 0 Å². The van der Waals surface area contributed by atoms with E-state index in [1.54, 1.807) is 0 Å². The second kappa shape index (κ2) is 13.2. The summed E-state index contributed by atoms with van der Waals surface area (Å²) >= 11 is 1.27. The lowest BCUT2D eigenvalue weighted by Gasteiger charge is -2.30. The van der Waals surface area contributed by atoms with Gasteiger partial charge in [0.1, 0.15) is 0 Å². The summed E-state index contributed by atoms with van der Waals surface area (Å²) in [5.74, 6) is 0. The Bertz CT molecular complexity index is 2510. The zero-order chi connectivity index (χ0) is 33.3. The SMILES string of the molecule is C1=C[SH]=C(C2=CC=C(N(c3ccc(-c4ccccc4)cc3)c3cccc(-c4ccc5c6ccccc6n(-c6ccccc6)c5c4)c3)CC2)C=C1. The van der Waals surface area contributed by atoms with Crippen LogP contribution in [0.5, 0.6) is 0 Å². The van der Waals surface area contributed by atoms with Crippen LogP contribution in [0.2, 0.25) is 0 Å². The fourth-order valence-electron chi connectivity index (χ4n) is 7.32. The van der Waals surface area contributed by atoms with Crippen LogP contribution < -0.4 is 4.90 Å². The summed E-state index contributed by atoms with van der Waals surface area (Å²) in [5.41, 5.74) is 13.5. The van der Waals surface area contributed by atoms with Crippen LogP contribution >= 0.6 is 11.4 Å². The van der Waals surface area contributed by atoms with E-state index in [0.29, 0.717) is 0 Å². The summed E-state index contributed by atoms with van der Waals surface area (Å²) < 4.78 is 2.39. The third-order valence-corrected chi connectivity index (χ3v) is 10.8. The van der Waals surface area contributed by atoms with Crippen molar-refractivity contribution in [3.05, 3.63) is 199 Å². The molecule has 7 aromatic rings. The highest BCUT2D eigenvalue weighted by molar-refractivity contribution is 8.02. The molecule has 6 aromatic carbocycles. The predicted molar refractivity (Wildman–Crippen MR) is 218 cm³/mol. The molecule has 0 saturated carbocycles. The van der Waals surface area contributed by atoms with Crippen molar-refractivity contribution in [2.24, 2.45) is 0 Å². The van der Waals surface area contributed by atoms with Crippen LogP contribution in [-0.4, -0.2) is 9.43 Å². The second-order valence-corrected chi connectivity index (χ2v) is 13.8. The molecule has 50 heavy (non-hydrogen) atoms. The van der Waals surface area contributed by atoms with Crippen LogP contribution in [0.25, 0.3) is 49.7 Å². The highest BCUT2D eigenvalue weighted by Gasteiger charge is 2.20. The lowest BCUT2D eigenvalue weighted by atomic mass is 9.97. The summed E-state index contributed by atoms with van der Waals surface area (Å²) in [6, 6.07) is 55.0. The molecule has 2 heterocycles. The Hall–Kier alpha value is -5.90. The maximum absolute atomic E-state index is 2.45. The first kappa shape index (κ1) is 30.2. The highest BCUT2D eigenvalue weighted by Crippen LogP contribution is 2.39. The van der Waals surface area contributed by atoms with E-state index >= 15 is 0 Å². The molecule has 9 rings (SSSR count). The molecule has 0 N–H and O–H groups in total. The zero-order valence-corrected chi connectivity index (χ0v) is 28.5. The monoisotopic (exact) mass is 660 g/mol. The summed E-state index contributed by atoms with van der Waals surface area (Å²) in [6.45, 7) is 0. The summed E-state index contributed by atoms with van der Waals surface area (Å²) in [4.78, 5) is 3.84. The summed E-state index contributed by atoms with van der Waals surface area (Å²) in [7, 11) is 0. The molecular weight excluding hydrogens is 625 g/mol. The van der Waals surface area contributed by atoms with Gasteiger partial charge in [0, 0.05) is 38.4 Å². The Kier molecular flexibility index (Phi) is 7.96. The second-order valence-electron chi connectivity index (χ2n) is 12.8. The van der Waals surface area contributed by atoms with Gasteiger partial charge >= 0.3 is 0 Å². The van der Waals surface area contributed by atoms with Crippen LogP contribution in [0.3, 0.4) is 0 Å². The van der Waals surface area contributed by atoms with Crippen LogP contribution in [0.15, 0.2) is 199 Å². The Balaban J connectivity index is 1.15. The average molecular weight is 661 g/mol. The largest absolute Gasteiger partial charge is 0.314 e. The molecule has 2 nitrogen and oxygen atoms in total. The molecule has 1 aromatic heterocycles. The molecule has 0 saturated heterocycles.